The van der Waals surface area contributed by atoms with Crippen LogP contribution in [0, 0.1) is 0 Å². The number of hydrogen-bond acceptors (Lipinski definition) is 2. The summed E-state index contributed by atoms with van der Waals surface area (Å²) in [6.45, 7) is 2.47. The number of carbonyl (C=O) groups excluding carboxylic acids is 1. The number of thioether (sulfide) groups is 1. The molecular formula is C13H18N2OS. The molecule has 0 unspecified atom stereocenters. The number of carbonyl (C=O) groups is 1. The van der Waals surface area contributed by atoms with Crippen LogP contribution in [0.1, 0.15) is 5.56 Å². The third-order valence-electron chi connectivity index (χ3n) is 2.83. The van der Waals surface area contributed by atoms with Gasteiger partial charge in [-0.25, -0.2) is 4.79 Å². The van der Waals surface area contributed by atoms with Gasteiger partial charge in [0, 0.05) is 31.1 Å². The maximum absolute atomic E-state index is 11.8. The summed E-state index contributed by atoms with van der Waals surface area (Å²) in [6.07, 6.45) is 0.898. The zero-order valence-corrected chi connectivity index (χ0v) is 10.7. The molecule has 1 fully saturated rings. The SMILES string of the molecule is O=C(NCCc1ccccc1)N1CCSCC1. The van der Waals surface area contributed by atoms with Crippen molar-refractivity contribution in [3.05, 3.63) is 35.9 Å². The predicted molar refractivity (Wildman–Crippen MR) is 72.4 cm³/mol. The second-order valence-electron chi connectivity index (χ2n) is 4.07. The van der Waals surface area contributed by atoms with Crippen molar-refractivity contribution in [2.45, 2.75) is 6.42 Å². The molecular weight excluding hydrogens is 232 g/mol. The standard InChI is InChI=1S/C13H18N2OS/c16-13(15-8-10-17-11-9-15)14-7-6-12-4-2-1-3-5-12/h1-5H,6-11H2,(H,14,16). The Hall–Kier alpha value is -1.16. The highest BCUT2D eigenvalue weighted by Gasteiger charge is 2.15. The summed E-state index contributed by atoms with van der Waals surface area (Å²) in [6, 6.07) is 10.3. The van der Waals surface area contributed by atoms with Gasteiger partial charge in [0.1, 0.15) is 0 Å². The number of benzene rings is 1. The number of nitrogens with zero attached hydrogens (tertiary/aromatic N) is 1. The lowest BCUT2D eigenvalue weighted by atomic mass is 10.1. The molecule has 0 spiro atoms. The zero-order valence-electron chi connectivity index (χ0n) is 9.89. The van der Waals surface area contributed by atoms with E-state index < -0.39 is 0 Å². The molecule has 4 heteroatoms. The summed E-state index contributed by atoms with van der Waals surface area (Å²) in [4.78, 5) is 13.7. The van der Waals surface area contributed by atoms with Gasteiger partial charge in [0.05, 0.1) is 0 Å². The third-order valence-corrected chi connectivity index (χ3v) is 3.77. The minimum Gasteiger partial charge on any atom is -0.338 e. The molecule has 1 aliphatic rings. The molecule has 0 saturated carbocycles. The Labute approximate surface area is 107 Å². The van der Waals surface area contributed by atoms with E-state index >= 15 is 0 Å². The van der Waals surface area contributed by atoms with Crippen molar-refractivity contribution in [1.82, 2.24) is 10.2 Å². The number of rotatable bonds is 3. The maximum Gasteiger partial charge on any atom is 0.317 e. The van der Waals surface area contributed by atoms with Crippen LogP contribution in [0.3, 0.4) is 0 Å². The van der Waals surface area contributed by atoms with E-state index in [1.165, 1.54) is 5.56 Å². The third kappa shape index (κ3) is 3.97. The van der Waals surface area contributed by atoms with Crippen LogP contribution in [-0.4, -0.2) is 42.1 Å². The topological polar surface area (TPSA) is 32.3 Å². The van der Waals surface area contributed by atoms with E-state index in [1.54, 1.807) is 0 Å². The molecule has 0 atom stereocenters. The van der Waals surface area contributed by atoms with E-state index in [0.29, 0.717) is 6.54 Å². The lowest BCUT2D eigenvalue weighted by Crippen LogP contribution is -2.44. The molecule has 1 N–H and O–H groups in total. The van der Waals surface area contributed by atoms with Crippen molar-refractivity contribution in [2.75, 3.05) is 31.1 Å². The second kappa shape index (κ2) is 6.55. The summed E-state index contributed by atoms with van der Waals surface area (Å²) in [7, 11) is 0. The normalized spacial score (nSPS) is 15.6. The van der Waals surface area contributed by atoms with Gasteiger partial charge in [-0.2, -0.15) is 11.8 Å². The van der Waals surface area contributed by atoms with Gasteiger partial charge in [0.15, 0.2) is 0 Å². The lowest BCUT2D eigenvalue weighted by Gasteiger charge is -2.26. The Bertz CT molecular complexity index is 350. The van der Waals surface area contributed by atoms with Gasteiger partial charge in [-0.15, -0.1) is 0 Å². The molecule has 0 bridgehead atoms. The van der Waals surface area contributed by atoms with Gasteiger partial charge in [-0.3, -0.25) is 0 Å². The first-order valence-corrected chi connectivity index (χ1v) is 7.16. The summed E-state index contributed by atoms with van der Waals surface area (Å²) < 4.78 is 0. The Morgan fingerprint density at radius 1 is 1.24 bits per heavy atom. The van der Waals surface area contributed by atoms with Gasteiger partial charge in [0.25, 0.3) is 0 Å². The molecule has 2 amide bonds. The Balaban J connectivity index is 1.69. The van der Waals surface area contributed by atoms with Crippen LogP contribution in [0.2, 0.25) is 0 Å². The van der Waals surface area contributed by atoms with E-state index in [1.807, 2.05) is 34.9 Å². The highest BCUT2D eigenvalue weighted by molar-refractivity contribution is 7.99. The van der Waals surface area contributed by atoms with Crippen LogP contribution >= 0.6 is 11.8 Å². The van der Waals surface area contributed by atoms with Crippen molar-refractivity contribution >= 4 is 17.8 Å². The quantitative estimate of drug-likeness (QED) is 0.889. The molecule has 92 valence electrons. The van der Waals surface area contributed by atoms with Crippen molar-refractivity contribution in [3.63, 3.8) is 0 Å². The van der Waals surface area contributed by atoms with Crippen LogP contribution in [0.25, 0.3) is 0 Å². The zero-order chi connectivity index (χ0) is 11.9. The smallest absolute Gasteiger partial charge is 0.317 e. The van der Waals surface area contributed by atoms with Crippen LogP contribution in [0.4, 0.5) is 4.79 Å². The lowest BCUT2D eigenvalue weighted by molar-refractivity contribution is 0.203. The van der Waals surface area contributed by atoms with E-state index in [4.69, 9.17) is 0 Å². The fourth-order valence-electron chi connectivity index (χ4n) is 1.84. The number of amides is 2. The average molecular weight is 250 g/mol. The average Bonchev–Trinajstić information content (AvgIpc) is 2.41. The first-order valence-electron chi connectivity index (χ1n) is 6.01. The van der Waals surface area contributed by atoms with Gasteiger partial charge < -0.3 is 10.2 Å². The van der Waals surface area contributed by atoms with Crippen LogP contribution in [-0.2, 0) is 6.42 Å². The Kier molecular flexibility index (Phi) is 4.74. The molecule has 0 aromatic heterocycles. The van der Waals surface area contributed by atoms with Gasteiger partial charge in [-0.1, -0.05) is 30.3 Å². The fraction of sp³-hybridized carbons (Fsp3) is 0.462. The number of nitrogens with one attached hydrogen (secondary N) is 1. The van der Waals surface area contributed by atoms with E-state index in [-0.39, 0.29) is 6.03 Å². The molecule has 3 nitrogen and oxygen atoms in total. The van der Waals surface area contributed by atoms with Gasteiger partial charge in [0.2, 0.25) is 0 Å². The Morgan fingerprint density at radius 3 is 2.65 bits per heavy atom. The first-order chi connectivity index (χ1) is 8.36. The molecule has 1 heterocycles. The van der Waals surface area contributed by atoms with E-state index in [9.17, 15) is 4.79 Å². The minimum atomic E-state index is 0.0845. The molecule has 0 radical (unpaired) electrons. The molecule has 0 aliphatic carbocycles. The van der Waals surface area contributed by atoms with Crippen molar-refractivity contribution in [2.24, 2.45) is 0 Å². The molecule has 1 aromatic carbocycles. The largest absolute Gasteiger partial charge is 0.338 e. The predicted octanol–water partition coefficient (Wildman–Crippen LogP) is 1.99. The van der Waals surface area contributed by atoms with E-state index in [0.717, 1.165) is 31.0 Å². The van der Waals surface area contributed by atoms with Crippen molar-refractivity contribution in [3.8, 4) is 0 Å². The van der Waals surface area contributed by atoms with E-state index in [2.05, 4.69) is 17.4 Å². The van der Waals surface area contributed by atoms with Gasteiger partial charge in [-0.05, 0) is 12.0 Å². The molecule has 17 heavy (non-hydrogen) atoms. The van der Waals surface area contributed by atoms with Crippen molar-refractivity contribution < 1.29 is 4.79 Å². The Morgan fingerprint density at radius 2 is 1.94 bits per heavy atom. The molecule has 1 aromatic rings. The van der Waals surface area contributed by atoms with Crippen LogP contribution in [0.5, 0.6) is 0 Å². The summed E-state index contributed by atoms with van der Waals surface area (Å²) in [5, 5.41) is 2.98. The van der Waals surface area contributed by atoms with Crippen LogP contribution < -0.4 is 5.32 Å². The highest BCUT2D eigenvalue weighted by Crippen LogP contribution is 2.08. The van der Waals surface area contributed by atoms with Crippen molar-refractivity contribution in [1.29, 1.82) is 0 Å². The first kappa shape index (κ1) is 12.3. The molecule has 1 saturated heterocycles. The van der Waals surface area contributed by atoms with Crippen LogP contribution in [0.15, 0.2) is 30.3 Å². The summed E-state index contributed by atoms with van der Waals surface area (Å²) in [5.41, 5.74) is 1.27. The fourth-order valence-corrected chi connectivity index (χ4v) is 2.74. The second-order valence-corrected chi connectivity index (χ2v) is 5.29. The molecule has 1 aliphatic heterocycles. The van der Waals surface area contributed by atoms with Gasteiger partial charge >= 0.3 is 6.03 Å². The number of hydrogen-bond donors (Lipinski definition) is 1. The minimum absolute atomic E-state index is 0.0845. The maximum atomic E-state index is 11.8. The molecule has 2 rings (SSSR count). The number of urea groups is 1. The summed E-state index contributed by atoms with van der Waals surface area (Å²) in [5.74, 6) is 2.12. The highest BCUT2D eigenvalue weighted by atomic mass is 32.2. The summed E-state index contributed by atoms with van der Waals surface area (Å²) >= 11 is 1.92. The monoisotopic (exact) mass is 250 g/mol.